The van der Waals surface area contributed by atoms with Crippen LogP contribution in [0.5, 0.6) is 0 Å². The second-order valence-electron chi connectivity index (χ2n) is 8.55. The molecule has 1 aliphatic heterocycles. The van der Waals surface area contributed by atoms with Crippen LogP contribution in [0.3, 0.4) is 0 Å². The van der Waals surface area contributed by atoms with E-state index in [1.54, 1.807) is 37.3 Å². The summed E-state index contributed by atoms with van der Waals surface area (Å²) in [5.74, 6) is -0.00542. The highest BCUT2D eigenvalue weighted by atomic mass is 16.6. The van der Waals surface area contributed by atoms with Gasteiger partial charge in [-0.3, -0.25) is 9.79 Å². The Labute approximate surface area is 211 Å². The lowest BCUT2D eigenvalue weighted by atomic mass is 10.1. The second-order valence-corrected chi connectivity index (χ2v) is 8.55. The van der Waals surface area contributed by atoms with E-state index in [0.717, 1.165) is 11.1 Å². The van der Waals surface area contributed by atoms with E-state index in [1.807, 2.05) is 38.1 Å². The molecule has 9 nitrogen and oxygen atoms in total. The minimum Gasteiger partial charge on any atom is -0.463 e. The molecular weight excluding hydrogens is 460 g/mol. The lowest BCUT2D eigenvalue weighted by Gasteiger charge is -2.19. The zero-order valence-electron chi connectivity index (χ0n) is 20.8. The van der Waals surface area contributed by atoms with Crippen LogP contribution in [0, 0.1) is 5.92 Å². The fourth-order valence-electron chi connectivity index (χ4n) is 3.36. The van der Waals surface area contributed by atoms with Crippen LogP contribution in [0.25, 0.3) is 6.08 Å². The Balaban J connectivity index is 1.58. The minimum absolute atomic E-state index is 0.239. The van der Waals surface area contributed by atoms with Crippen molar-refractivity contribution in [2.45, 2.75) is 27.3 Å². The van der Waals surface area contributed by atoms with Gasteiger partial charge in [0, 0.05) is 23.9 Å². The highest BCUT2D eigenvalue weighted by Gasteiger charge is 2.25. The normalized spacial score (nSPS) is 13.0. The van der Waals surface area contributed by atoms with Gasteiger partial charge in [-0.1, -0.05) is 38.1 Å². The zero-order chi connectivity index (χ0) is 25.9. The molecule has 36 heavy (non-hydrogen) atoms. The highest BCUT2D eigenvalue weighted by Crippen LogP contribution is 2.15. The summed E-state index contributed by atoms with van der Waals surface area (Å²) in [6.45, 7) is 7.60. The van der Waals surface area contributed by atoms with Crippen LogP contribution in [0.2, 0.25) is 0 Å². The number of nitrogens with one attached hydrogen (secondary N) is 2. The fourth-order valence-corrected chi connectivity index (χ4v) is 3.36. The third-order valence-electron chi connectivity index (χ3n) is 5.08. The molecule has 0 saturated heterocycles. The van der Waals surface area contributed by atoms with Gasteiger partial charge in [0.15, 0.2) is 0 Å². The number of aliphatic imine (C=N–C) groups is 1. The number of rotatable bonds is 9. The van der Waals surface area contributed by atoms with Gasteiger partial charge < -0.3 is 20.1 Å². The van der Waals surface area contributed by atoms with E-state index in [0.29, 0.717) is 50.1 Å². The number of carbonyl (C=O) groups excluding carboxylic acids is 3. The number of guanidine groups is 1. The van der Waals surface area contributed by atoms with Crippen molar-refractivity contribution in [3.63, 3.8) is 0 Å². The summed E-state index contributed by atoms with van der Waals surface area (Å²) in [6.07, 6.45) is 2.60. The van der Waals surface area contributed by atoms with E-state index >= 15 is 0 Å². The first kappa shape index (κ1) is 26.5. The fraction of sp³-hybridized carbons (Fsp3) is 0.333. The zero-order valence-corrected chi connectivity index (χ0v) is 20.8. The lowest BCUT2D eigenvalue weighted by molar-refractivity contribution is -0.137. The number of nitrogens with zero attached hydrogens (tertiary/aromatic N) is 2. The molecule has 1 aliphatic rings. The topological polar surface area (TPSA) is 109 Å². The van der Waals surface area contributed by atoms with Crippen LogP contribution >= 0.6 is 0 Å². The second kappa shape index (κ2) is 13.1. The predicted molar refractivity (Wildman–Crippen MR) is 139 cm³/mol. The van der Waals surface area contributed by atoms with Crippen molar-refractivity contribution in [3.05, 3.63) is 71.3 Å². The average Bonchev–Trinajstić information content (AvgIpc) is 3.33. The van der Waals surface area contributed by atoms with Crippen LogP contribution < -0.4 is 10.6 Å². The summed E-state index contributed by atoms with van der Waals surface area (Å²) < 4.78 is 10.2. The predicted octanol–water partition coefficient (Wildman–Crippen LogP) is 4.07. The van der Waals surface area contributed by atoms with Crippen molar-refractivity contribution in [3.8, 4) is 0 Å². The molecule has 1 heterocycles. The SMILES string of the molecule is CCOC(=O)/C=C/c1cccc(CNC(=O)c2cccc(NC3=NCCN3C(=O)OCC(C)C)c2)c1. The smallest absolute Gasteiger partial charge is 0.416 e. The molecule has 9 heteroatoms. The van der Waals surface area contributed by atoms with Crippen LogP contribution in [0.4, 0.5) is 10.5 Å². The van der Waals surface area contributed by atoms with E-state index in [1.165, 1.54) is 11.0 Å². The quantitative estimate of drug-likeness (QED) is 0.403. The van der Waals surface area contributed by atoms with E-state index in [4.69, 9.17) is 9.47 Å². The molecule has 0 aromatic heterocycles. The highest BCUT2D eigenvalue weighted by molar-refractivity contribution is 6.04. The molecule has 0 spiro atoms. The molecule has 0 radical (unpaired) electrons. The van der Waals surface area contributed by atoms with Crippen LogP contribution in [-0.2, 0) is 20.8 Å². The Morgan fingerprint density at radius 1 is 1.11 bits per heavy atom. The molecule has 3 rings (SSSR count). The van der Waals surface area contributed by atoms with E-state index in [-0.39, 0.29) is 11.8 Å². The van der Waals surface area contributed by atoms with Crippen molar-refractivity contribution in [2.24, 2.45) is 10.9 Å². The van der Waals surface area contributed by atoms with Gasteiger partial charge in [0.25, 0.3) is 5.91 Å². The number of hydrogen-bond donors (Lipinski definition) is 2. The molecule has 2 N–H and O–H groups in total. The number of ether oxygens (including phenoxy) is 2. The molecule has 0 fully saturated rings. The van der Waals surface area contributed by atoms with Gasteiger partial charge in [-0.05, 0) is 54.3 Å². The largest absolute Gasteiger partial charge is 0.463 e. The monoisotopic (exact) mass is 492 g/mol. The van der Waals surface area contributed by atoms with Crippen LogP contribution in [0.1, 0.15) is 42.3 Å². The van der Waals surface area contributed by atoms with Crippen molar-refractivity contribution >= 4 is 35.7 Å². The molecule has 0 atom stereocenters. The molecule has 190 valence electrons. The van der Waals surface area contributed by atoms with Gasteiger partial charge in [0.1, 0.15) is 0 Å². The molecular formula is C27H32N4O5. The standard InChI is InChI=1S/C27H32N4O5/c1-4-35-24(32)12-11-20-7-5-8-21(15-20)17-29-25(33)22-9-6-10-23(16-22)30-26-28-13-14-31(26)27(34)36-18-19(2)3/h5-12,15-16,19H,4,13-14,17-18H2,1-3H3,(H,28,30)(H,29,33)/b12-11+. The summed E-state index contributed by atoms with van der Waals surface area (Å²) in [6, 6.07) is 14.5. The Morgan fingerprint density at radius 2 is 1.92 bits per heavy atom. The van der Waals surface area contributed by atoms with Gasteiger partial charge in [-0.2, -0.15) is 0 Å². The number of anilines is 1. The van der Waals surface area contributed by atoms with Crippen LogP contribution in [-0.4, -0.2) is 55.1 Å². The van der Waals surface area contributed by atoms with E-state index in [9.17, 15) is 14.4 Å². The van der Waals surface area contributed by atoms with Gasteiger partial charge >= 0.3 is 12.1 Å². The van der Waals surface area contributed by atoms with E-state index in [2.05, 4.69) is 15.6 Å². The molecule has 2 amide bonds. The summed E-state index contributed by atoms with van der Waals surface area (Å²) in [4.78, 5) is 42.5. The number of amides is 2. The molecule has 0 unspecified atom stereocenters. The van der Waals surface area contributed by atoms with Crippen molar-refractivity contribution in [1.29, 1.82) is 0 Å². The molecule has 0 aliphatic carbocycles. The average molecular weight is 493 g/mol. The maximum Gasteiger partial charge on any atom is 0.416 e. The van der Waals surface area contributed by atoms with Crippen molar-refractivity contribution < 1.29 is 23.9 Å². The Bertz CT molecular complexity index is 1140. The van der Waals surface area contributed by atoms with E-state index < -0.39 is 12.1 Å². The summed E-state index contributed by atoms with van der Waals surface area (Å²) in [7, 11) is 0. The minimum atomic E-state index is -0.444. The number of carbonyl (C=O) groups is 3. The first-order chi connectivity index (χ1) is 17.4. The summed E-state index contributed by atoms with van der Waals surface area (Å²) in [5, 5.41) is 6.02. The molecule has 2 aromatic carbocycles. The van der Waals surface area contributed by atoms with Crippen molar-refractivity contribution in [2.75, 3.05) is 31.6 Å². The summed E-state index contributed by atoms with van der Waals surface area (Å²) in [5.41, 5.74) is 2.82. The maximum absolute atomic E-state index is 12.8. The molecule has 2 aromatic rings. The van der Waals surface area contributed by atoms with Gasteiger partial charge in [0.2, 0.25) is 5.96 Å². The third kappa shape index (κ3) is 7.97. The summed E-state index contributed by atoms with van der Waals surface area (Å²) >= 11 is 0. The Kier molecular flexibility index (Phi) is 9.62. The number of hydrogen-bond acceptors (Lipinski definition) is 7. The lowest BCUT2D eigenvalue weighted by Crippen LogP contribution is -2.39. The number of esters is 1. The Morgan fingerprint density at radius 3 is 2.69 bits per heavy atom. The molecule has 0 bridgehead atoms. The first-order valence-electron chi connectivity index (χ1n) is 11.9. The first-order valence-corrected chi connectivity index (χ1v) is 11.9. The van der Waals surface area contributed by atoms with Crippen LogP contribution in [0.15, 0.2) is 59.6 Å². The Hall–Kier alpha value is -4.14. The van der Waals surface area contributed by atoms with Gasteiger partial charge in [-0.25, -0.2) is 14.5 Å². The third-order valence-corrected chi connectivity index (χ3v) is 5.08. The van der Waals surface area contributed by atoms with Gasteiger partial charge in [0.05, 0.1) is 26.3 Å². The number of benzene rings is 2. The van der Waals surface area contributed by atoms with Crippen molar-refractivity contribution in [1.82, 2.24) is 10.2 Å². The molecule has 0 saturated carbocycles. The van der Waals surface area contributed by atoms with Gasteiger partial charge in [-0.15, -0.1) is 0 Å². The maximum atomic E-state index is 12.8.